The van der Waals surface area contributed by atoms with Crippen LogP contribution in [0.3, 0.4) is 0 Å². The SMILES string of the molecule is CSc1ccc(CNCc2cscc2C)cc1. The average molecular weight is 263 g/mol. The molecule has 2 rings (SSSR count). The summed E-state index contributed by atoms with van der Waals surface area (Å²) in [5, 5.41) is 7.90. The highest BCUT2D eigenvalue weighted by atomic mass is 32.2. The number of rotatable bonds is 5. The molecule has 3 heteroatoms. The van der Waals surface area contributed by atoms with Crippen molar-refractivity contribution in [3.8, 4) is 0 Å². The van der Waals surface area contributed by atoms with Crippen molar-refractivity contribution in [2.75, 3.05) is 6.26 Å². The Hall–Kier alpha value is -0.770. The first kappa shape index (κ1) is 12.7. The molecule has 0 unspecified atom stereocenters. The van der Waals surface area contributed by atoms with E-state index in [0.717, 1.165) is 13.1 Å². The zero-order valence-corrected chi connectivity index (χ0v) is 11.8. The molecule has 1 aromatic carbocycles. The van der Waals surface area contributed by atoms with Gasteiger partial charge in [-0.3, -0.25) is 0 Å². The Morgan fingerprint density at radius 1 is 1.12 bits per heavy atom. The second-order valence-electron chi connectivity index (χ2n) is 4.03. The van der Waals surface area contributed by atoms with Crippen molar-refractivity contribution < 1.29 is 0 Å². The Morgan fingerprint density at radius 3 is 2.47 bits per heavy atom. The second-order valence-corrected chi connectivity index (χ2v) is 5.65. The number of benzene rings is 1. The molecule has 0 fully saturated rings. The Labute approximate surface area is 111 Å². The topological polar surface area (TPSA) is 12.0 Å². The number of thioether (sulfide) groups is 1. The number of aryl methyl sites for hydroxylation is 1. The Morgan fingerprint density at radius 2 is 1.88 bits per heavy atom. The third kappa shape index (κ3) is 3.60. The van der Waals surface area contributed by atoms with Gasteiger partial charge in [-0.05, 0) is 52.8 Å². The molecule has 0 saturated carbocycles. The fourth-order valence-corrected chi connectivity index (χ4v) is 2.92. The maximum atomic E-state index is 3.48. The molecular formula is C14H17NS2. The van der Waals surface area contributed by atoms with E-state index >= 15 is 0 Å². The highest BCUT2D eigenvalue weighted by Crippen LogP contribution is 2.15. The lowest BCUT2D eigenvalue weighted by Gasteiger charge is -2.05. The van der Waals surface area contributed by atoms with Crippen molar-refractivity contribution in [1.82, 2.24) is 5.32 Å². The Bertz CT molecular complexity index is 459. The number of hydrogen-bond acceptors (Lipinski definition) is 3. The fraction of sp³-hybridized carbons (Fsp3) is 0.286. The molecule has 0 spiro atoms. The molecule has 0 amide bonds. The van der Waals surface area contributed by atoms with Gasteiger partial charge in [-0.2, -0.15) is 11.3 Å². The van der Waals surface area contributed by atoms with E-state index in [2.05, 4.69) is 53.5 Å². The summed E-state index contributed by atoms with van der Waals surface area (Å²) in [5.41, 5.74) is 4.15. The van der Waals surface area contributed by atoms with Crippen molar-refractivity contribution >= 4 is 23.1 Å². The van der Waals surface area contributed by atoms with Crippen molar-refractivity contribution in [3.05, 3.63) is 51.7 Å². The first-order valence-electron chi connectivity index (χ1n) is 5.65. The quantitative estimate of drug-likeness (QED) is 0.816. The van der Waals surface area contributed by atoms with E-state index in [1.54, 1.807) is 23.1 Å². The van der Waals surface area contributed by atoms with Crippen LogP contribution >= 0.6 is 23.1 Å². The van der Waals surface area contributed by atoms with Crippen LogP contribution in [0.2, 0.25) is 0 Å². The van der Waals surface area contributed by atoms with Crippen LogP contribution in [0.15, 0.2) is 39.9 Å². The average Bonchev–Trinajstić information content (AvgIpc) is 2.76. The highest BCUT2D eigenvalue weighted by Gasteiger charge is 1.99. The lowest BCUT2D eigenvalue weighted by Crippen LogP contribution is -2.12. The van der Waals surface area contributed by atoms with Gasteiger partial charge in [0.25, 0.3) is 0 Å². The van der Waals surface area contributed by atoms with E-state index in [-0.39, 0.29) is 0 Å². The molecule has 1 heterocycles. The van der Waals surface area contributed by atoms with Crippen LogP contribution in [-0.4, -0.2) is 6.26 Å². The van der Waals surface area contributed by atoms with Gasteiger partial charge >= 0.3 is 0 Å². The van der Waals surface area contributed by atoms with Crippen molar-refractivity contribution in [2.45, 2.75) is 24.9 Å². The molecular weight excluding hydrogens is 246 g/mol. The summed E-state index contributed by atoms with van der Waals surface area (Å²) in [6, 6.07) is 8.74. The summed E-state index contributed by atoms with van der Waals surface area (Å²) in [7, 11) is 0. The van der Waals surface area contributed by atoms with Gasteiger partial charge in [-0.1, -0.05) is 12.1 Å². The van der Waals surface area contributed by atoms with E-state index in [4.69, 9.17) is 0 Å². The van der Waals surface area contributed by atoms with E-state index in [1.165, 1.54) is 21.6 Å². The molecule has 0 aliphatic heterocycles. The zero-order valence-electron chi connectivity index (χ0n) is 10.2. The molecule has 0 aliphatic rings. The minimum absolute atomic E-state index is 0.934. The minimum Gasteiger partial charge on any atom is -0.309 e. The van der Waals surface area contributed by atoms with Gasteiger partial charge in [-0.15, -0.1) is 11.8 Å². The van der Waals surface area contributed by atoms with Crippen LogP contribution in [0, 0.1) is 6.92 Å². The van der Waals surface area contributed by atoms with Gasteiger partial charge in [0.05, 0.1) is 0 Å². The van der Waals surface area contributed by atoms with Gasteiger partial charge in [0, 0.05) is 18.0 Å². The van der Waals surface area contributed by atoms with Crippen LogP contribution in [0.25, 0.3) is 0 Å². The highest BCUT2D eigenvalue weighted by molar-refractivity contribution is 7.98. The van der Waals surface area contributed by atoms with Crippen LogP contribution in [-0.2, 0) is 13.1 Å². The van der Waals surface area contributed by atoms with Crippen molar-refractivity contribution in [2.24, 2.45) is 0 Å². The monoisotopic (exact) mass is 263 g/mol. The van der Waals surface area contributed by atoms with Gasteiger partial charge in [0.1, 0.15) is 0 Å². The minimum atomic E-state index is 0.934. The Balaban J connectivity index is 1.83. The predicted molar refractivity (Wildman–Crippen MR) is 77.8 cm³/mol. The van der Waals surface area contributed by atoms with E-state index < -0.39 is 0 Å². The van der Waals surface area contributed by atoms with Crippen LogP contribution in [0.5, 0.6) is 0 Å². The number of hydrogen-bond donors (Lipinski definition) is 1. The molecule has 1 N–H and O–H groups in total. The summed E-state index contributed by atoms with van der Waals surface area (Å²) in [4.78, 5) is 1.32. The second kappa shape index (κ2) is 6.24. The van der Waals surface area contributed by atoms with E-state index in [0.29, 0.717) is 0 Å². The van der Waals surface area contributed by atoms with E-state index in [9.17, 15) is 0 Å². The third-order valence-corrected chi connectivity index (χ3v) is 4.42. The standard InChI is InChI=1S/C14H17NS2/c1-11-9-17-10-13(11)8-15-7-12-3-5-14(16-2)6-4-12/h3-6,9-10,15H,7-8H2,1-2H3. The molecule has 1 aromatic heterocycles. The molecule has 0 radical (unpaired) electrons. The lowest BCUT2D eigenvalue weighted by atomic mass is 10.2. The molecule has 0 saturated heterocycles. The van der Waals surface area contributed by atoms with Gasteiger partial charge in [0.2, 0.25) is 0 Å². The zero-order chi connectivity index (χ0) is 12.1. The maximum Gasteiger partial charge on any atom is 0.0219 e. The van der Waals surface area contributed by atoms with E-state index in [1.807, 2.05) is 0 Å². The normalized spacial score (nSPS) is 10.7. The molecule has 0 bridgehead atoms. The molecule has 17 heavy (non-hydrogen) atoms. The molecule has 90 valence electrons. The van der Waals surface area contributed by atoms with Gasteiger partial charge in [-0.25, -0.2) is 0 Å². The van der Waals surface area contributed by atoms with Gasteiger partial charge < -0.3 is 5.32 Å². The van der Waals surface area contributed by atoms with Crippen LogP contribution in [0.1, 0.15) is 16.7 Å². The molecule has 2 aromatic rings. The summed E-state index contributed by atoms with van der Waals surface area (Å²) in [5.74, 6) is 0. The maximum absolute atomic E-state index is 3.48. The predicted octanol–water partition coefficient (Wildman–Crippen LogP) is 4.07. The number of thiophene rings is 1. The Kier molecular flexibility index (Phi) is 4.66. The summed E-state index contributed by atoms with van der Waals surface area (Å²) >= 11 is 3.56. The lowest BCUT2D eigenvalue weighted by molar-refractivity contribution is 0.692. The van der Waals surface area contributed by atoms with Crippen molar-refractivity contribution in [1.29, 1.82) is 0 Å². The smallest absolute Gasteiger partial charge is 0.0219 e. The third-order valence-electron chi connectivity index (χ3n) is 2.77. The number of nitrogens with one attached hydrogen (secondary N) is 1. The van der Waals surface area contributed by atoms with Crippen LogP contribution in [0.4, 0.5) is 0 Å². The first-order valence-corrected chi connectivity index (χ1v) is 7.81. The first-order chi connectivity index (χ1) is 8.29. The molecule has 1 nitrogen and oxygen atoms in total. The molecule has 0 aliphatic carbocycles. The fourth-order valence-electron chi connectivity index (χ4n) is 1.65. The molecule has 0 atom stereocenters. The summed E-state index contributed by atoms with van der Waals surface area (Å²) < 4.78 is 0. The van der Waals surface area contributed by atoms with Gasteiger partial charge in [0.15, 0.2) is 0 Å². The summed E-state index contributed by atoms with van der Waals surface area (Å²) in [6.07, 6.45) is 2.10. The largest absolute Gasteiger partial charge is 0.309 e. The summed E-state index contributed by atoms with van der Waals surface area (Å²) in [6.45, 7) is 4.06. The van der Waals surface area contributed by atoms with Crippen LogP contribution < -0.4 is 5.32 Å². The van der Waals surface area contributed by atoms with Crippen molar-refractivity contribution in [3.63, 3.8) is 0 Å².